The van der Waals surface area contributed by atoms with Crippen molar-refractivity contribution in [3.63, 3.8) is 0 Å². The van der Waals surface area contributed by atoms with Gasteiger partial charge in [-0.05, 0) is 18.4 Å². The van der Waals surface area contributed by atoms with Gasteiger partial charge in [-0.15, -0.1) is 0 Å². The molecular formula is C17H18N2O3. The van der Waals surface area contributed by atoms with Crippen molar-refractivity contribution in [3.05, 3.63) is 69.2 Å². The number of aromatic carboxylic acids is 1. The summed E-state index contributed by atoms with van der Waals surface area (Å²) < 4.78 is 0. The summed E-state index contributed by atoms with van der Waals surface area (Å²) in [6.07, 6.45) is 13.4. The van der Waals surface area contributed by atoms with E-state index in [9.17, 15) is 9.59 Å². The third-order valence-electron chi connectivity index (χ3n) is 4.02. The minimum Gasteiger partial charge on any atom is -0.477 e. The number of pyridine rings is 1. The van der Waals surface area contributed by atoms with Crippen LogP contribution in [-0.2, 0) is 13.0 Å². The summed E-state index contributed by atoms with van der Waals surface area (Å²) in [6.45, 7) is 2.22. The number of allylic oxidation sites excluding steroid dienone is 4. The number of aromatic nitrogens is 1. The van der Waals surface area contributed by atoms with Gasteiger partial charge >= 0.3 is 5.97 Å². The summed E-state index contributed by atoms with van der Waals surface area (Å²) in [4.78, 5) is 28.4. The van der Waals surface area contributed by atoms with Crippen LogP contribution < -0.4 is 5.43 Å². The van der Waals surface area contributed by atoms with E-state index >= 15 is 0 Å². The highest BCUT2D eigenvalue weighted by atomic mass is 16.4. The van der Waals surface area contributed by atoms with E-state index in [2.05, 4.69) is 40.3 Å². The lowest BCUT2D eigenvalue weighted by Gasteiger charge is -2.28. The molecule has 1 aromatic rings. The zero-order chi connectivity index (χ0) is 15.5. The quantitative estimate of drug-likeness (QED) is 0.893. The maximum absolute atomic E-state index is 12.1. The Morgan fingerprint density at radius 2 is 2.23 bits per heavy atom. The van der Waals surface area contributed by atoms with Crippen LogP contribution in [0.3, 0.4) is 0 Å². The molecule has 3 rings (SSSR count). The second-order valence-corrected chi connectivity index (χ2v) is 5.56. The fraction of sp³-hybridized carbons (Fsp3) is 0.294. The summed E-state index contributed by atoms with van der Waals surface area (Å²) in [5.41, 5.74) is 2.15. The van der Waals surface area contributed by atoms with E-state index in [1.54, 1.807) is 0 Å². The number of H-pyrrole nitrogens is 1. The van der Waals surface area contributed by atoms with Gasteiger partial charge in [-0.2, -0.15) is 0 Å². The molecule has 1 aliphatic carbocycles. The first-order valence-electron chi connectivity index (χ1n) is 7.36. The van der Waals surface area contributed by atoms with Crippen LogP contribution in [0.1, 0.15) is 28.0 Å². The van der Waals surface area contributed by atoms with E-state index in [0.29, 0.717) is 18.5 Å². The third-order valence-corrected chi connectivity index (χ3v) is 4.02. The van der Waals surface area contributed by atoms with Crippen LogP contribution in [0.25, 0.3) is 0 Å². The van der Waals surface area contributed by atoms with Crippen molar-refractivity contribution in [1.82, 2.24) is 9.88 Å². The molecule has 1 aliphatic heterocycles. The molecule has 0 amide bonds. The van der Waals surface area contributed by atoms with Crippen LogP contribution in [0.15, 0.2) is 46.9 Å². The van der Waals surface area contributed by atoms with Crippen LogP contribution in [0.2, 0.25) is 0 Å². The maximum atomic E-state index is 12.1. The first-order valence-corrected chi connectivity index (χ1v) is 7.36. The standard InChI is InChI=1S/C17H18N2O3/c20-16-13-7-8-19(10-12-5-3-1-2-4-6-12)11-15(13)18-9-14(16)17(21)22/h1,3-6,9H,2,7-8,10-11H2,(H,18,20)(H,21,22). The second-order valence-electron chi connectivity index (χ2n) is 5.56. The normalized spacial score (nSPS) is 17.7. The smallest absolute Gasteiger partial charge is 0.341 e. The van der Waals surface area contributed by atoms with Gasteiger partial charge in [0.1, 0.15) is 5.56 Å². The minimum atomic E-state index is -1.17. The fourth-order valence-electron chi connectivity index (χ4n) is 2.87. The zero-order valence-corrected chi connectivity index (χ0v) is 12.2. The number of nitrogens with zero attached hydrogens (tertiary/aromatic N) is 1. The molecule has 22 heavy (non-hydrogen) atoms. The van der Waals surface area contributed by atoms with E-state index in [4.69, 9.17) is 5.11 Å². The van der Waals surface area contributed by atoms with Crippen molar-refractivity contribution in [2.75, 3.05) is 13.1 Å². The van der Waals surface area contributed by atoms with Crippen LogP contribution in [0, 0.1) is 0 Å². The molecule has 2 aliphatic rings. The number of rotatable bonds is 3. The molecule has 0 radical (unpaired) electrons. The maximum Gasteiger partial charge on any atom is 0.341 e. The summed E-state index contributed by atoms with van der Waals surface area (Å²) in [6, 6.07) is 0. The van der Waals surface area contributed by atoms with Crippen molar-refractivity contribution in [1.29, 1.82) is 0 Å². The lowest BCUT2D eigenvalue weighted by Crippen LogP contribution is -2.36. The Morgan fingerprint density at radius 1 is 1.36 bits per heavy atom. The molecule has 2 N–H and O–H groups in total. The molecule has 1 aromatic heterocycles. The van der Waals surface area contributed by atoms with Gasteiger partial charge in [0.05, 0.1) is 0 Å². The third kappa shape index (κ3) is 2.94. The average Bonchev–Trinajstić information content (AvgIpc) is 2.76. The highest BCUT2D eigenvalue weighted by Crippen LogP contribution is 2.17. The first kappa shape index (κ1) is 14.5. The SMILES string of the molecule is O=C(O)c1c[nH]c2c(c1=O)CCN(CC1=CC=CCC=C1)C2. The van der Waals surface area contributed by atoms with E-state index in [1.165, 1.54) is 11.8 Å². The molecule has 114 valence electrons. The van der Waals surface area contributed by atoms with E-state index in [-0.39, 0.29) is 11.0 Å². The van der Waals surface area contributed by atoms with Gasteiger partial charge in [-0.25, -0.2) is 4.79 Å². The number of carboxylic acids is 1. The van der Waals surface area contributed by atoms with E-state index < -0.39 is 5.97 Å². The molecule has 5 heteroatoms. The van der Waals surface area contributed by atoms with E-state index in [0.717, 1.165) is 25.2 Å². The van der Waals surface area contributed by atoms with Gasteiger partial charge in [0.15, 0.2) is 5.43 Å². The molecule has 0 fully saturated rings. The van der Waals surface area contributed by atoms with Gasteiger partial charge in [-0.3, -0.25) is 9.69 Å². The molecular weight excluding hydrogens is 280 g/mol. The van der Waals surface area contributed by atoms with Crippen LogP contribution >= 0.6 is 0 Å². The van der Waals surface area contributed by atoms with Crippen molar-refractivity contribution < 1.29 is 9.90 Å². The van der Waals surface area contributed by atoms with Crippen LogP contribution in [-0.4, -0.2) is 34.0 Å². The molecule has 0 saturated heterocycles. The van der Waals surface area contributed by atoms with Gasteiger partial charge < -0.3 is 10.1 Å². The lowest BCUT2D eigenvalue weighted by molar-refractivity contribution is 0.0694. The number of nitrogens with one attached hydrogen (secondary N) is 1. The Bertz CT molecular complexity index is 741. The number of fused-ring (bicyclic) bond motifs is 1. The zero-order valence-electron chi connectivity index (χ0n) is 12.2. The topological polar surface area (TPSA) is 73.4 Å². The van der Waals surface area contributed by atoms with Crippen molar-refractivity contribution in [2.45, 2.75) is 19.4 Å². The Labute approximate surface area is 128 Å². The summed E-state index contributed by atoms with van der Waals surface area (Å²) in [7, 11) is 0. The summed E-state index contributed by atoms with van der Waals surface area (Å²) in [5, 5.41) is 9.01. The molecule has 0 atom stereocenters. The predicted octanol–water partition coefficient (Wildman–Crippen LogP) is 1.87. The largest absolute Gasteiger partial charge is 0.477 e. The number of hydrogen-bond acceptors (Lipinski definition) is 3. The second kappa shape index (κ2) is 6.15. The van der Waals surface area contributed by atoms with Crippen LogP contribution in [0.4, 0.5) is 0 Å². The molecule has 0 spiro atoms. The number of aromatic amines is 1. The molecule has 0 unspecified atom stereocenters. The first-order chi connectivity index (χ1) is 10.6. The van der Waals surface area contributed by atoms with Gasteiger partial charge in [-0.1, -0.05) is 30.4 Å². The Kier molecular flexibility index (Phi) is 4.06. The Hall–Kier alpha value is -2.40. The number of carbonyl (C=O) groups is 1. The molecule has 0 aromatic carbocycles. The molecule has 0 saturated carbocycles. The van der Waals surface area contributed by atoms with Gasteiger partial charge in [0.25, 0.3) is 0 Å². The number of hydrogen-bond donors (Lipinski definition) is 2. The average molecular weight is 298 g/mol. The van der Waals surface area contributed by atoms with Crippen LogP contribution in [0.5, 0.6) is 0 Å². The fourth-order valence-corrected chi connectivity index (χ4v) is 2.87. The molecule has 5 nitrogen and oxygen atoms in total. The highest BCUT2D eigenvalue weighted by molar-refractivity contribution is 5.87. The highest BCUT2D eigenvalue weighted by Gasteiger charge is 2.22. The lowest BCUT2D eigenvalue weighted by atomic mass is 10.0. The molecule has 0 bridgehead atoms. The number of carboxylic acid groups (broad SMARTS) is 1. The monoisotopic (exact) mass is 298 g/mol. The van der Waals surface area contributed by atoms with Crippen molar-refractivity contribution >= 4 is 5.97 Å². The van der Waals surface area contributed by atoms with Crippen molar-refractivity contribution in [2.24, 2.45) is 0 Å². The van der Waals surface area contributed by atoms with Gasteiger partial charge in [0.2, 0.25) is 0 Å². The Balaban J connectivity index is 1.79. The van der Waals surface area contributed by atoms with E-state index in [1.807, 2.05) is 0 Å². The van der Waals surface area contributed by atoms with Crippen molar-refractivity contribution in [3.8, 4) is 0 Å². The summed E-state index contributed by atoms with van der Waals surface area (Å²) in [5.74, 6) is -1.17. The predicted molar refractivity (Wildman–Crippen MR) is 84.0 cm³/mol. The minimum absolute atomic E-state index is 0.174. The Morgan fingerprint density at radius 3 is 3.05 bits per heavy atom. The molecule has 2 heterocycles. The van der Waals surface area contributed by atoms with Gasteiger partial charge in [0, 0.05) is 37.1 Å². The summed E-state index contributed by atoms with van der Waals surface area (Å²) >= 11 is 0.